The van der Waals surface area contributed by atoms with E-state index >= 15 is 0 Å². The second kappa shape index (κ2) is 5.98. The lowest BCUT2D eigenvalue weighted by molar-refractivity contribution is 0.253. The van der Waals surface area contributed by atoms with Crippen LogP contribution in [0, 0.1) is 0 Å². The van der Waals surface area contributed by atoms with E-state index in [1.54, 1.807) is 30.3 Å². The summed E-state index contributed by atoms with van der Waals surface area (Å²) in [6.45, 7) is 2.32. The van der Waals surface area contributed by atoms with E-state index in [1.807, 2.05) is 6.92 Å². The third-order valence-corrected chi connectivity index (χ3v) is 4.12. The summed E-state index contributed by atoms with van der Waals surface area (Å²) in [5.74, 6) is 0. The van der Waals surface area contributed by atoms with Gasteiger partial charge in [-0.2, -0.15) is 4.31 Å². The van der Waals surface area contributed by atoms with Gasteiger partial charge in [-0.25, -0.2) is 8.42 Å². The molecule has 0 aliphatic rings. The smallest absolute Gasteiger partial charge is 0.243 e. The Morgan fingerprint density at radius 3 is 2.31 bits per heavy atom. The fourth-order valence-electron chi connectivity index (χ4n) is 1.45. The zero-order valence-electron chi connectivity index (χ0n) is 9.33. The topological polar surface area (TPSA) is 57.6 Å². The number of hydrogen-bond acceptors (Lipinski definition) is 3. The number of sulfonamides is 1. The molecule has 1 rings (SSSR count). The fraction of sp³-hybridized carbons (Fsp3) is 0.455. The first kappa shape index (κ1) is 13.2. The Balaban J connectivity index is 2.98. The van der Waals surface area contributed by atoms with Crippen molar-refractivity contribution in [2.75, 3.05) is 19.7 Å². The first-order valence-corrected chi connectivity index (χ1v) is 6.73. The number of benzene rings is 1. The van der Waals surface area contributed by atoms with Gasteiger partial charge in [0.05, 0.1) is 11.5 Å². The van der Waals surface area contributed by atoms with Crippen molar-refractivity contribution in [3.8, 4) is 0 Å². The van der Waals surface area contributed by atoms with Crippen LogP contribution in [0.3, 0.4) is 0 Å². The Bertz CT molecular complexity index is 396. The van der Waals surface area contributed by atoms with Gasteiger partial charge in [-0.1, -0.05) is 25.1 Å². The molecule has 0 aromatic heterocycles. The summed E-state index contributed by atoms with van der Waals surface area (Å²) in [5, 5.41) is 8.87. The molecule has 0 bridgehead atoms. The van der Waals surface area contributed by atoms with Crippen LogP contribution in [-0.2, 0) is 10.0 Å². The van der Waals surface area contributed by atoms with Crippen molar-refractivity contribution in [2.45, 2.75) is 18.2 Å². The molecule has 0 unspecified atom stereocenters. The molecule has 0 fully saturated rings. The van der Waals surface area contributed by atoms with E-state index in [-0.39, 0.29) is 18.0 Å². The van der Waals surface area contributed by atoms with Crippen LogP contribution in [0.5, 0.6) is 0 Å². The Morgan fingerprint density at radius 1 is 1.19 bits per heavy atom. The maximum atomic E-state index is 12.1. The summed E-state index contributed by atoms with van der Waals surface area (Å²) in [7, 11) is -3.45. The van der Waals surface area contributed by atoms with Gasteiger partial charge in [0.15, 0.2) is 0 Å². The summed E-state index contributed by atoms with van der Waals surface area (Å²) < 4.78 is 25.6. The van der Waals surface area contributed by atoms with Crippen LogP contribution in [0.25, 0.3) is 0 Å². The largest absolute Gasteiger partial charge is 0.395 e. The lowest BCUT2D eigenvalue weighted by Gasteiger charge is -2.20. The summed E-state index contributed by atoms with van der Waals surface area (Å²) in [5.41, 5.74) is 0. The fourth-order valence-corrected chi connectivity index (χ4v) is 3.00. The quantitative estimate of drug-likeness (QED) is 0.813. The molecular formula is C11H17NO3S. The number of aliphatic hydroxyl groups excluding tert-OH is 1. The number of aliphatic hydroxyl groups is 1. The van der Waals surface area contributed by atoms with E-state index in [4.69, 9.17) is 5.11 Å². The lowest BCUT2D eigenvalue weighted by atomic mass is 10.4. The standard InChI is InChI=1S/C11H17NO3S/c1-2-8-12(9-10-13)16(14,15)11-6-4-3-5-7-11/h3-7,13H,2,8-10H2,1H3. The molecular weight excluding hydrogens is 226 g/mol. The van der Waals surface area contributed by atoms with Gasteiger partial charge < -0.3 is 5.11 Å². The second-order valence-electron chi connectivity index (χ2n) is 3.44. The summed E-state index contributed by atoms with van der Waals surface area (Å²) in [6.07, 6.45) is 0.728. The summed E-state index contributed by atoms with van der Waals surface area (Å²) >= 11 is 0. The molecule has 0 saturated carbocycles. The minimum Gasteiger partial charge on any atom is -0.395 e. The van der Waals surface area contributed by atoms with E-state index in [0.29, 0.717) is 6.54 Å². The Hall–Kier alpha value is -0.910. The molecule has 0 aliphatic heterocycles. The van der Waals surface area contributed by atoms with Crippen molar-refractivity contribution in [3.63, 3.8) is 0 Å². The molecule has 1 aromatic carbocycles. The average Bonchev–Trinajstić information content (AvgIpc) is 2.30. The van der Waals surface area contributed by atoms with E-state index in [0.717, 1.165) is 6.42 Å². The normalized spacial score (nSPS) is 11.9. The van der Waals surface area contributed by atoms with Crippen molar-refractivity contribution < 1.29 is 13.5 Å². The number of hydrogen-bond donors (Lipinski definition) is 1. The van der Waals surface area contributed by atoms with Gasteiger partial charge in [0, 0.05) is 13.1 Å². The molecule has 0 radical (unpaired) electrons. The number of nitrogens with zero attached hydrogens (tertiary/aromatic N) is 1. The second-order valence-corrected chi connectivity index (χ2v) is 5.38. The van der Waals surface area contributed by atoms with Crippen LogP contribution in [0.15, 0.2) is 35.2 Å². The van der Waals surface area contributed by atoms with Gasteiger partial charge in [0.2, 0.25) is 10.0 Å². The van der Waals surface area contributed by atoms with Gasteiger partial charge in [-0.05, 0) is 18.6 Å². The van der Waals surface area contributed by atoms with Crippen molar-refractivity contribution in [1.29, 1.82) is 0 Å². The molecule has 0 atom stereocenters. The number of rotatable bonds is 6. The van der Waals surface area contributed by atoms with Crippen LogP contribution in [0.2, 0.25) is 0 Å². The predicted molar refractivity (Wildman–Crippen MR) is 62.6 cm³/mol. The van der Waals surface area contributed by atoms with Crippen LogP contribution >= 0.6 is 0 Å². The van der Waals surface area contributed by atoms with Gasteiger partial charge in [0.25, 0.3) is 0 Å². The van der Waals surface area contributed by atoms with Crippen LogP contribution in [0.1, 0.15) is 13.3 Å². The third kappa shape index (κ3) is 3.04. The van der Waals surface area contributed by atoms with Crippen molar-refractivity contribution in [3.05, 3.63) is 30.3 Å². The molecule has 0 heterocycles. The molecule has 16 heavy (non-hydrogen) atoms. The lowest BCUT2D eigenvalue weighted by Crippen LogP contribution is -2.34. The van der Waals surface area contributed by atoms with Gasteiger partial charge in [-0.15, -0.1) is 0 Å². The van der Waals surface area contributed by atoms with Crippen LogP contribution < -0.4 is 0 Å². The molecule has 0 amide bonds. The molecule has 5 heteroatoms. The molecule has 90 valence electrons. The molecule has 0 saturated heterocycles. The molecule has 1 N–H and O–H groups in total. The summed E-state index contributed by atoms with van der Waals surface area (Å²) in [4.78, 5) is 0.275. The highest BCUT2D eigenvalue weighted by atomic mass is 32.2. The third-order valence-electron chi connectivity index (χ3n) is 2.20. The van der Waals surface area contributed by atoms with Crippen molar-refractivity contribution >= 4 is 10.0 Å². The maximum absolute atomic E-state index is 12.1. The van der Waals surface area contributed by atoms with Crippen LogP contribution in [-0.4, -0.2) is 37.5 Å². The van der Waals surface area contributed by atoms with Gasteiger partial charge in [0.1, 0.15) is 0 Å². The SMILES string of the molecule is CCCN(CCO)S(=O)(=O)c1ccccc1. The van der Waals surface area contributed by atoms with Gasteiger partial charge in [-0.3, -0.25) is 0 Å². The average molecular weight is 243 g/mol. The molecule has 0 spiro atoms. The van der Waals surface area contributed by atoms with Crippen molar-refractivity contribution in [1.82, 2.24) is 4.31 Å². The van der Waals surface area contributed by atoms with Crippen LogP contribution in [0.4, 0.5) is 0 Å². The highest BCUT2D eigenvalue weighted by Crippen LogP contribution is 2.14. The maximum Gasteiger partial charge on any atom is 0.243 e. The van der Waals surface area contributed by atoms with E-state index in [9.17, 15) is 8.42 Å². The molecule has 0 aliphatic carbocycles. The minimum atomic E-state index is -3.45. The first-order valence-electron chi connectivity index (χ1n) is 5.29. The Kier molecular flexibility index (Phi) is 4.92. The monoisotopic (exact) mass is 243 g/mol. The zero-order valence-corrected chi connectivity index (χ0v) is 10.2. The first-order chi connectivity index (χ1) is 7.62. The molecule has 1 aromatic rings. The summed E-state index contributed by atoms with van der Waals surface area (Å²) in [6, 6.07) is 8.28. The van der Waals surface area contributed by atoms with Crippen molar-refractivity contribution in [2.24, 2.45) is 0 Å². The Morgan fingerprint density at radius 2 is 1.81 bits per heavy atom. The highest BCUT2D eigenvalue weighted by molar-refractivity contribution is 7.89. The zero-order chi connectivity index (χ0) is 12.0. The minimum absolute atomic E-state index is 0.144. The molecule has 4 nitrogen and oxygen atoms in total. The Labute approximate surface area is 96.6 Å². The van der Waals surface area contributed by atoms with E-state index in [1.165, 1.54) is 4.31 Å². The van der Waals surface area contributed by atoms with Gasteiger partial charge >= 0.3 is 0 Å². The van der Waals surface area contributed by atoms with E-state index < -0.39 is 10.0 Å². The predicted octanol–water partition coefficient (Wildman–Crippen LogP) is 1.08. The highest BCUT2D eigenvalue weighted by Gasteiger charge is 2.22. The van der Waals surface area contributed by atoms with E-state index in [2.05, 4.69) is 0 Å².